The van der Waals surface area contributed by atoms with Crippen LogP contribution < -0.4 is 10.5 Å². The van der Waals surface area contributed by atoms with E-state index in [0.717, 1.165) is 0 Å². The van der Waals surface area contributed by atoms with E-state index in [4.69, 9.17) is 4.74 Å². The minimum atomic E-state index is -0.495. The van der Waals surface area contributed by atoms with Crippen molar-refractivity contribution >= 4 is 23.5 Å². The molecule has 2 rings (SSSR count). The summed E-state index contributed by atoms with van der Waals surface area (Å²) in [6, 6.07) is 1.92. The average molecular weight is 293 g/mol. The van der Waals surface area contributed by atoms with Gasteiger partial charge in [-0.25, -0.2) is 4.79 Å². The molecule has 1 aromatic rings. The van der Waals surface area contributed by atoms with Gasteiger partial charge in [0.1, 0.15) is 23.0 Å². The van der Waals surface area contributed by atoms with Gasteiger partial charge in [-0.15, -0.1) is 11.8 Å². The van der Waals surface area contributed by atoms with E-state index < -0.39 is 5.97 Å². The van der Waals surface area contributed by atoms with Crippen LogP contribution in [0.2, 0.25) is 0 Å². The van der Waals surface area contributed by atoms with E-state index in [1.165, 1.54) is 16.3 Å². The smallest absolute Gasteiger partial charge is 0.343 e. The molecule has 0 unspecified atom stereocenters. The lowest BCUT2D eigenvalue weighted by atomic mass is 10.1. The molecule has 0 amide bonds. The van der Waals surface area contributed by atoms with Crippen LogP contribution in [0.25, 0.3) is 0 Å². The van der Waals surface area contributed by atoms with Crippen molar-refractivity contribution in [1.82, 2.24) is 4.57 Å². The quantitative estimate of drug-likeness (QED) is 0.613. The highest BCUT2D eigenvalue weighted by molar-refractivity contribution is 7.98. The summed E-state index contributed by atoms with van der Waals surface area (Å²) in [5.41, 5.74) is -0.0145. The van der Waals surface area contributed by atoms with Crippen molar-refractivity contribution in [3.63, 3.8) is 0 Å². The molecule has 0 aromatic carbocycles. The fraction of sp³-hybridized carbons (Fsp3) is 0.462. The summed E-state index contributed by atoms with van der Waals surface area (Å²) in [5, 5.41) is 9.22. The molecular formula is C13H15N3O3S. The molecule has 0 aliphatic carbocycles. The lowest BCUT2D eigenvalue weighted by Gasteiger charge is -2.18. The molecule has 0 saturated heterocycles. The summed E-state index contributed by atoms with van der Waals surface area (Å²) in [4.78, 5) is 26.8. The van der Waals surface area contributed by atoms with Crippen LogP contribution >= 0.6 is 11.8 Å². The zero-order valence-corrected chi connectivity index (χ0v) is 12.4. The maximum Gasteiger partial charge on any atom is 0.343 e. The first-order valence-corrected chi connectivity index (χ1v) is 7.42. The SMILES string of the molecule is CCOC(=O)c1c(SC)c(C#N)c(=O)n2c1N(C)CC2. The average Bonchev–Trinajstić information content (AvgIpc) is 2.81. The Morgan fingerprint density at radius 1 is 1.50 bits per heavy atom. The Balaban J connectivity index is 2.83. The molecule has 0 fully saturated rings. The third-order valence-corrected chi connectivity index (χ3v) is 4.02. The number of pyridine rings is 1. The number of carbonyl (C=O) groups is 1. The van der Waals surface area contributed by atoms with Gasteiger partial charge in [0.2, 0.25) is 0 Å². The molecule has 2 heterocycles. The van der Waals surface area contributed by atoms with Gasteiger partial charge in [-0.05, 0) is 13.2 Å². The maximum absolute atomic E-state index is 12.3. The van der Waals surface area contributed by atoms with Crippen molar-refractivity contribution in [2.75, 3.05) is 31.4 Å². The molecule has 0 N–H and O–H groups in total. The van der Waals surface area contributed by atoms with E-state index in [1.807, 2.05) is 18.0 Å². The molecule has 20 heavy (non-hydrogen) atoms. The second kappa shape index (κ2) is 5.59. The van der Waals surface area contributed by atoms with E-state index >= 15 is 0 Å². The molecule has 1 aliphatic heterocycles. The normalized spacial score (nSPS) is 13.0. The number of ether oxygens (including phenoxy) is 1. The number of esters is 1. The van der Waals surface area contributed by atoms with Gasteiger partial charge in [0.15, 0.2) is 0 Å². The second-order valence-electron chi connectivity index (χ2n) is 4.32. The highest BCUT2D eigenvalue weighted by atomic mass is 32.2. The Bertz CT molecular complexity index is 657. The predicted octanol–water partition coefficient (Wildman–Crippen LogP) is 1.07. The molecule has 0 bridgehead atoms. The lowest BCUT2D eigenvalue weighted by molar-refractivity contribution is 0.0522. The van der Waals surface area contributed by atoms with E-state index in [2.05, 4.69) is 0 Å². The highest BCUT2D eigenvalue weighted by Crippen LogP contribution is 2.33. The maximum atomic E-state index is 12.3. The number of hydrogen-bond acceptors (Lipinski definition) is 6. The topological polar surface area (TPSA) is 75.3 Å². The first-order chi connectivity index (χ1) is 9.56. The Morgan fingerprint density at radius 3 is 2.75 bits per heavy atom. The van der Waals surface area contributed by atoms with Crippen LogP contribution in [-0.2, 0) is 11.3 Å². The van der Waals surface area contributed by atoms with Crippen LogP contribution in [0.3, 0.4) is 0 Å². The number of aromatic nitrogens is 1. The van der Waals surface area contributed by atoms with Crippen molar-refractivity contribution in [2.45, 2.75) is 18.4 Å². The van der Waals surface area contributed by atoms with Crippen molar-refractivity contribution in [3.05, 3.63) is 21.5 Å². The zero-order chi connectivity index (χ0) is 14.9. The largest absolute Gasteiger partial charge is 0.462 e. The van der Waals surface area contributed by atoms with Crippen molar-refractivity contribution < 1.29 is 9.53 Å². The van der Waals surface area contributed by atoms with E-state index in [-0.39, 0.29) is 17.7 Å². The molecule has 0 saturated carbocycles. The molecular weight excluding hydrogens is 278 g/mol. The number of nitriles is 1. The molecule has 106 valence electrons. The minimum Gasteiger partial charge on any atom is -0.462 e. The number of nitrogens with zero attached hydrogens (tertiary/aromatic N) is 3. The predicted molar refractivity (Wildman–Crippen MR) is 76.4 cm³/mol. The summed E-state index contributed by atoms with van der Waals surface area (Å²) in [6.45, 7) is 3.07. The molecule has 1 aliphatic rings. The third-order valence-electron chi connectivity index (χ3n) is 3.21. The van der Waals surface area contributed by atoms with Crippen LogP contribution in [0.5, 0.6) is 0 Å². The Labute approximate surface area is 120 Å². The fourth-order valence-electron chi connectivity index (χ4n) is 2.34. The van der Waals surface area contributed by atoms with Crippen LogP contribution in [0.1, 0.15) is 22.8 Å². The third kappa shape index (κ3) is 2.06. The zero-order valence-electron chi connectivity index (χ0n) is 11.6. The number of carbonyl (C=O) groups excluding carboxylic acids is 1. The summed E-state index contributed by atoms with van der Waals surface area (Å²) >= 11 is 1.22. The molecule has 0 spiro atoms. The van der Waals surface area contributed by atoms with Crippen LogP contribution in [0.15, 0.2) is 9.69 Å². The summed E-state index contributed by atoms with van der Waals surface area (Å²) in [6.07, 6.45) is 1.74. The number of anilines is 1. The minimum absolute atomic E-state index is 0.0135. The number of fused-ring (bicyclic) bond motifs is 1. The molecule has 0 atom stereocenters. The first kappa shape index (κ1) is 14.5. The Kier molecular flexibility index (Phi) is 4.04. The summed E-state index contributed by atoms with van der Waals surface area (Å²) in [5.74, 6) is 0.0441. The Morgan fingerprint density at radius 2 is 2.20 bits per heavy atom. The van der Waals surface area contributed by atoms with Crippen LogP contribution in [0, 0.1) is 11.3 Å². The Hall–Kier alpha value is -1.94. The number of rotatable bonds is 3. The van der Waals surface area contributed by atoms with Crippen LogP contribution in [0.4, 0.5) is 5.82 Å². The molecule has 7 heteroatoms. The number of thioether (sulfide) groups is 1. The van der Waals surface area contributed by atoms with Crippen LogP contribution in [-0.4, -0.2) is 37.0 Å². The van der Waals surface area contributed by atoms with Gasteiger partial charge in [0, 0.05) is 25.0 Å². The summed E-state index contributed by atoms with van der Waals surface area (Å²) in [7, 11) is 1.82. The number of hydrogen-bond donors (Lipinski definition) is 0. The van der Waals surface area contributed by atoms with E-state index in [9.17, 15) is 14.9 Å². The monoisotopic (exact) mass is 293 g/mol. The van der Waals surface area contributed by atoms with Gasteiger partial charge in [0.25, 0.3) is 5.56 Å². The van der Waals surface area contributed by atoms with Gasteiger partial charge in [0.05, 0.1) is 6.61 Å². The second-order valence-corrected chi connectivity index (χ2v) is 5.13. The highest BCUT2D eigenvalue weighted by Gasteiger charge is 2.31. The molecule has 0 radical (unpaired) electrons. The van der Waals surface area contributed by atoms with Gasteiger partial charge in [-0.1, -0.05) is 0 Å². The summed E-state index contributed by atoms with van der Waals surface area (Å²) < 4.78 is 6.56. The van der Waals surface area contributed by atoms with Crippen molar-refractivity contribution in [2.24, 2.45) is 0 Å². The van der Waals surface area contributed by atoms with Crippen molar-refractivity contribution in [1.29, 1.82) is 5.26 Å². The molecule has 6 nitrogen and oxygen atoms in total. The molecule has 1 aromatic heterocycles. The van der Waals surface area contributed by atoms with E-state index in [0.29, 0.717) is 29.4 Å². The van der Waals surface area contributed by atoms with E-state index in [1.54, 1.807) is 13.2 Å². The standard InChI is InChI=1S/C13H15N3O3S/c1-4-19-13(18)9-10(20-3)8(7-14)12(17)16-6-5-15(2)11(9)16/h4-6H2,1-3H3. The number of likely N-dealkylation sites (N-methyl/N-ethyl adjacent to an activating group) is 1. The van der Waals surface area contributed by atoms with Gasteiger partial charge in [-0.2, -0.15) is 5.26 Å². The fourth-order valence-corrected chi connectivity index (χ4v) is 3.06. The lowest BCUT2D eigenvalue weighted by Crippen LogP contribution is -2.26. The van der Waals surface area contributed by atoms with Gasteiger partial charge >= 0.3 is 5.97 Å². The van der Waals surface area contributed by atoms with Gasteiger partial charge < -0.3 is 9.64 Å². The first-order valence-electron chi connectivity index (χ1n) is 6.19. The van der Waals surface area contributed by atoms with Crippen molar-refractivity contribution in [3.8, 4) is 6.07 Å². The van der Waals surface area contributed by atoms with Gasteiger partial charge in [-0.3, -0.25) is 9.36 Å².